The van der Waals surface area contributed by atoms with Gasteiger partial charge in [0.2, 0.25) is 11.1 Å². The number of aromatic amines is 1. The maximum atomic E-state index is 11.4. The summed E-state index contributed by atoms with van der Waals surface area (Å²) in [5.41, 5.74) is 0.411. The van der Waals surface area contributed by atoms with Gasteiger partial charge in [-0.3, -0.25) is 4.79 Å². The smallest absolute Gasteiger partial charge is 0.322 e. The van der Waals surface area contributed by atoms with Gasteiger partial charge in [-0.15, -0.1) is 0 Å². The molecule has 2 heterocycles. The van der Waals surface area contributed by atoms with E-state index < -0.39 is 0 Å². The lowest BCUT2D eigenvalue weighted by Crippen LogP contribution is -2.11. The number of anilines is 1. The Bertz CT molecular complexity index is 688. The fourth-order valence-electron chi connectivity index (χ4n) is 1.45. The number of hydrogen-bond acceptors (Lipinski definition) is 8. The molecule has 2 aromatic heterocycles. The van der Waals surface area contributed by atoms with Crippen LogP contribution in [-0.4, -0.2) is 38.1 Å². The minimum atomic E-state index is -0.216. The molecule has 0 aliphatic carbocycles. The van der Waals surface area contributed by atoms with Crippen LogP contribution in [0.1, 0.15) is 19.5 Å². The van der Waals surface area contributed by atoms with Crippen LogP contribution in [0, 0.1) is 6.92 Å². The first-order valence-corrected chi connectivity index (χ1v) is 7.14. The van der Waals surface area contributed by atoms with E-state index in [1.54, 1.807) is 14.0 Å². The Hall–Kier alpha value is -2.16. The molecule has 0 spiro atoms. The van der Waals surface area contributed by atoms with Crippen molar-refractivity contribution in [2.45, 2.75) is 37.2 Å². The van der Waals surface area contributed by atoms with Crippen LogP contribution in [0.3, 0.4) is 0 Å². The van der Waals surface area contributed by atoms with Crippen molar-refractivity contribution in [1.29, 1.82) is 0 Å². The number of hydrogen-bond donors (Lipinski definition) is 2. The van der Waals surface area contributed by atoms with Crippen LogP contribution in [0.5, 0.6) is 6.01 Å². The van der Waals surface area contributed by atoms with E-state index in [2.05, 4.69) is 30.2 Å². The summed E-state index contributed by atoms with van der Waals surface area (Å²) in [5.74, 6) is 0.387. The van der Waals surface area contributed by atoms with Crippen molar-refractivity contribution in [3.05, 3.63) is 22.1 Å². The quantitative estimate of drug-likeness (QED) is 0.795. The van der Waals surface area contributed by atoms with Crippen molar-refractivity contribution >= 4 is 17.7 Å². The zero-order chi connectivity index (χ0) is 15.4. The lowest BCUT2D eigenvalue weighted by molar-refractivity contribution is 0.219. The predicted octanol–water partition coefficient (Wildman–Crippen LogP) is 1.24. The molecule has 2 rings (SSSR count). The van der Waals surface area contributed by atoms with Gasteiger partial charge in [-0.25, -0.2) is 4.98 Å². The van der Waals surface area contributed by atoms with Gasteiger partial charge in [-0.05, 0) is 32.5 Å². The monoisotopic (exact) mass is 308 g/mol. The standard InChI is InChI=1S/C12H16N6O2S/c1-6(2)20-10-16-9(13-4)17-12(18-10)21-11-14-7(3)5-8(19)15-11/h5-6H,1-4H3,(H,14,15,19)(H,13,16,17,18). The second-order valence-electron chi connectivity index (χ2n) is 4.43. The van der Waals surface area contributed by atoms with Gasteiger partial charge in [0.25, 0.3) is 5.56 Å². The summed E-state index contributed by atoms with van der Waals surface area (Å²) < 4.78 is 5.47. The Balaban J connectivity index is 2.31. The summed E-state index contributed by atoms with van der Waals surface area (Å²) in [6.45, 7) is 5.52. The number of rotatable bonds is 5. The number of ether oxygens (including phenoxy) is 1. The normalized spacial score (nSPS) is 10.7. The van der Waals surface area contributed by atoms with Crippen LogP contribution in [0.2, 0.25) is 0 Å². The molecule has 0 saturated carbocycles. The third kappa shape index (κ3) is 4.42. The van der Waals surface area contributed by atoms with Crippen molar-refractivity contribution in [2.24, 2.45) is 0 Å². The molecule has 0 aliphatic rings. The molecule has 0 radical (unpaired) electrons. The molecule has 2 N–H and O–H groups in total. The van der Waals surface area contributed by atoms with Gasteiger partial charge < -0.3 is 15.0 Å². The summed E-state index contributed by atoms with van der Waals surface area (Å²) in [4.78, 5) is 30.8. The fraction of sp³-hybridized carbons (Fsp3) is 0.417. The van der Waals surface area contributed by atoms with Crippen molar-refractivity contribution in [3.63, 3.8) is 0 Å². The predicted molar refractivity (Wildman–Crippen MR) is 78.9 cm³/mol. The average molecular weight is 308 g/mol. The van der Waals surface area contributed by atoms with Crippen LogP contribution in [-0.2, 0) is 0 Å². The molecule has 9 heteroatoms. The highest BCUT2D eigenvalue weighted by Gasteiger charge is 2.11. The zero-order valence-corrected chi connectivity index (χ0v) is 13.0. The van der Waals surface area contributed by atoms with E-state index >= 15 is 0 Å². The average Bonchev–Trinajstić information content (AvgIpc) is 2.36. The molecule has 0 amide bonds. The maximum Gasteiger partial charge on any atom is 0.322 e. The highest BCUT2D eigenvalue weighted by molar-refractivity contribution is 7.99. The SMILES string of the molecule is CNc1nc(OC(C)C)nc(Sc2nc(C)cc(=O)[nH]2)n1. The van der Waals surface area contributed by atoms with E-state index in [1.807, 2.05) is 13.8 Å². The minimum absolute atomic E-state index is 0.0492. The minimum Gasteiger partial charge on any atom is -0.461 e. The van der Waals surface area contributed by atoms with Crippen LogP contribution in [0.15, 0.2) is 21.2 Å². The molecule has 8 nitrogen and oxygen atoms in total. The van der Waals surface area contributed by atoms with Crippen molar-refractivity contribution < 1.29 is 4.74 Å². The second-order valence-corrected chi connectivity index (χ2v) is 5.39. The molecule has 2 aromatic rings. The molecule has 0 atom stereocenters. The topological polar surface area (TPSA) is 106 Å². The number of nitrogens with zero attached hydrogens (tertiary/aromatic N) is 4. The van der Waals surface area contributed by atoms with Crippen molar-refractivity contribution in [1.82, 2.24) is 24.9 Å². The highest BCUT2D eigenvalue weighted by atomic mass is 32.2. The van der Waals surface area contributed by atoms with E-state index in [1.165, 1.54) is 6.07 Å². The van der Waals surface area contributed by atoms with Crippen LogP contribution < -0.4 is 15.6 Å². The molecule has 0 bridgehead atoms. The van der Waals surface area contributed by atoms with Gasteiger partial charge >= 0.3 is 6.01 Å². The molecule has 0 fully saturated rings. The number of nitrogens with one attached hydrogen (secondary N) is 2. The van der Waals surface area contributed by atoms with Crippen LogP contribution >= 0.6 is 11.8 Å². The third-order valence-electron chi connectivity index (χ3n) is 2.20. The van der Waals surface area contributed by atoms with Gasteiger partial charge in [0, 0.05) is 18.8 Å². The summed E-state index contributed by atoms with van der Waals surface area (Å²) >= 11 is 1.14. The lowest BCUT2D eigenvalue weighted by atomic mass is 10.5. The molecule has 0 aromatic carbocycles. The first-order valence-electron chi connectivity index (χ1n) is 6.32. The van der Waals surface area contributed by atoms with E-state index in [0.717, 1.165) is 11.8 Å². The van der Waals surface area contributed by atoms with Gasteiger partial charge in [0.05, 0.1) is 6.10 Å². The van der Waals surface area contributed by atoms with Crippen LogP contribution in [0.4, 0.5) is 5.95 Å². The van der Waals surface area contributed by atoms with E-state index in [9.17, 15) is 4.79 Å². The number of aryl methyl sites for hydroxylation is 1. The lowest BCUT2D eigenvalue weighted by Gasteiger charge is -2.09. The summed E-state index contributed by atoms with van der Waals surface area (Å²) in [6, 6.07) is 1.64. The Kier molecular flexibility index (Phi) is 4.73. The van der Waals surface area contributed by atoms with Gasteiger partial charge in [0.1, 0.15) is 0 Å². The Morgan fingerprint density at radius 2 is 2.05 bits per heavy atom. The molecule has 112 valence electrons. The highest BCUT2D eigenvalue weighted by Crippen LogP contribution is 2.22. The first-order chi connectivity index (χ1) is 9.96. The van der Waals surface area contributed by atoms with Crippen molar-refractivity contribution in [2.75, 3.05) is 12.4 Å². The van der Waals surface area contributed by atoms with Crippen LogP contribution in [0.25, 0.3) is 0 Å². The largest absolute Gasteiger partial charge is 0.461 e. The molecule has 0 aliphatic heterocycles. The molecule has 0 saturated heterocycles. The second kappa shape index (κ2) is 6.53. The Labute approximate surface area is 125 Å². The number of aromatic nitrogens is 5. The maximum absolute atomic E-state index is 11.4. The van der Waals surface area contributed by atoms with Gasteiger partial charge in [-0.2, -0.15) is 15.0 Å². The summed E-state index contributed by atoms with van der Waals surface area (Å²) in [6.07, 6.45) is -0.0492. The van der Waals surface area contributed by atoms with Gasteiger partial charge in [0.15, 0.2) is 5.16 Å². The molecule has 0 unspecified atom stereocenters. The van der Waals surface area contributed by atoms with E-state index in [4.69, 9.17) is 4.74 Å². The first kappa shape index (κ1) is 15.2. The fourth-order valence-corrected chi connectivity index (χ4v) is 2.22. The third-order valence-corrected chi connectivity index (χ3v) is 2.95. The Morgan fingerprint density at radius 1 is 1.29 bits per heavy atom. The molecule has 21 heavy (non-hydrogen) atoms. The van der Waals surface area contributed by atoms with E-state index in [-0.39, 0.29) is 17.7 Å². The van der Waals surface area contributed by atoms with Crippen molar-refractivity contribution in [3.8, 4) is 6.01 Å². The molecular weight excluding hydrogens is 292 g/mol. The van der Waals surface area contributed by atoms with E-state index in [0.29, 0.717) is 22.0 Å². The van der Waals surface area contributed by atoms with Gasteiger partial charge in [-0.1, -0.05) is 0 Å². The Morgan fingerprint density at radius 3 is 2.67 bits per heavy atom. The summed E-state index contributed by atoms with van der Waals surface area (Å²) in [5, 5.41) is 3.65. The number of H-pyrrole nitrogens is 1. The zero-order valence-electron chi connectivity index (χ0n) is 12.2. The molecular formula is C12H16N6O2S. The summed E-state index contributed by atoms with van der Waals surface area (Å²) in [7, 11) is 1.70.